The molecule has 230 valence electrons. The third-order valence-electron chi connectivity index (χ3n) is 7.37. The molecule has 5 unspecified atom stereocenters. The van der Waals surface area contributed by atoms with Gasteiger partial charge in [0.05, 0.1) is 6.10 Å². The molecule has 8 N–H and O–H groups in total. The quantitative estimate of drug-likeness (QED) is 0.114. The minimum absolute atomic E-state index is 0.0460. The number of nitrogens with two attached hydrogens (primary N) is 1. The second-order valence-corrected chi connectivity index (χ2v) is 10.7. The van der Waals surface area contributed by atoms with Gasteiger partial charge >= 0.3 is 5.97 Å². The lowest BCUT2D eigenvalue weighted by atomic mass is 10.0. The highest BCUT2D eigenvalue weighted by Gasteiger charge is 2.32. The number of aliphatic hydroxyl groups is 1. The maximum Gasteiger partial charge on any atom is 0.326 e. The minimum Gasteiger partial charge on any atom is -0.480 e. The van der Waals surface area contributed by atoms with Gasteiger partial charge in [0.1, 0.15) is 24.2 Å². The van der Waals surface area contributed by atoms with E-state index in [4.69, 9.17) is 5.73 Å². The Labute approximate surface area is 254 Å². The van der Waals surface area contributed by atoms with Crippen LogP contribution in [0.5, 0.6) is 0 Å². The molecule has 0 aliphatic heterocycles. The molecular weight excluding hydrogens is 562 g/mol. The summed E-state index contributed by atoms with van der Waals surface area (Å²) in [4.78, 5) is 55.5. The molecule has 0 saturated carbocycles. The number of carbonyl (C=O) groups is 4. The molecule has 44 heavy (non-hydrogen) atoms. The fourth-order valence-electron chi connectivity index (χ4n) is 4.87. The number of benzene rings is 3. The highest BCUT2D eigenvalue weighted by molar-refractivity contribution is 5.95. The lowest BCUT2D eigenvalue weighted by molar-refractivity contribution is -0.142. The maximum atomic E-state index is 13.8. The molecule has 11 nitrogen and oxygen atoms in total. The van der Waals surface area contributed by atoms with Crippen molar-refractivity contribution in [3.8, 4) is 0 Å². The van der Waals surface area contributed by atoms with E-state index in [1.807, 2.05) is 36.4 Å². The number of fused-ring (bicyclic) bond motifs is 1. The molecule has 1 heterocycles. The minimum atomic E-state index is -1.29. The summed E-state index contributed by atoms with van der Waals surface area (Å²) < 4.78 is 0. The van der Waals surface area contributed by atoms with Gasteiger partial charge in [-0.1, -0.05) is 78.9 Å². The van der Waals surface area contributed by atoms with Crippen LogP contribution in [0.3, 0.4) is 0 Å². The van der Waals surface area contributed by atoms with Crippen molar-refractivity contribution in [1.29, 1.82) is 0 Å². The van der Waals surface area contributed by atoms with Crippen LogP contribution in [0.25, 0.3) is 10.9 Å². The molecule has 0 aliphatic rings. The fourth-order valence-corrected chi connectivity index (χ4v) is 4.87. The number of hydrogen-bond donors (Lipinski definition) is 7. The van der Waals surface area contributed by atoms with Gasteiger partial charge in [-0.3, -0.25) is 14.4 Å². The Hall–Kier alpha value is -5.00. The highest BCUT2D eigenvalue weighted by atomic mass is 16.4. The van der Waals surface area contributed by atoms with Crippen molar-refractivity contribution in [3.05, 3.63) is 108 Å². The predicted octanol–water partition coefficient (Wildman–Crippen LogP) is 1.44. The van der Waals surface area contributed by atoms with E-state index >= 15 is 0 Å². The molecular formula is C33H37N5O6. The van der Waals surface area contributed by atoms with Crippen LogP contribution in [-0.4, -0.2) is 69.2 Å². The molecule has 0 saturated heterocycles. The van der Waals surface area contributed by atoms with Crippen LogP contribution >= 0.6 is 0 Å². The normalized spacial score (nSPS) is 14.5. The summed E-state index contributed by atoms with van der Waals surface area (Å²) in [5, 5.41) is 28.5. The van der Waals surface area contributed by atoms with Crippen LogP contribution in [0.15, 0.2) is 91.1 Å². The van der Waals surface area contributed by atoms with Crippen LogP contribution in [-0.2, 0) is 38.4 Å². The largest absolute Gasteiger partial charge is 0.480 e. The highest BCUT2D eigenvalue weighted by Crippen LogP contribution is 2.19. The van der Waals surface area contributed by atoms with Crippen LogP contribution in [0.1, 0.15) is 23.6 Å². The van der Waals surface area contributed by atoms with Crippen molar-refractivity contribution >= 4 is 34.6 Å². The van der Waals surface area contributed by atoms with Crippen LogP contribution in [0, 0.1) is 0 Å². The first-order chi connectivity index (χ1) is 21.1. The monoisotopic (exact) mass is 599 g/mol. The zero-order valence-electron chi connectivity index (χ0n) is 24.3. The van der Waals surface area contributed by atoms with Crippen molar-refractivity contribution < 1.29 is 29.4 Å². The van der Waals surface area contributed by atoms with Gasteiger partial charge in [-0.25, -0.2) is 4.79 Å². The molecule has 0 aliphatic carbocycles. The van der Waals surface area contributed by atoms with Crippen molar-refractivity contribution in [2.75, 3.05) is 0 Å². The molecule has 3 amide bonds. The lowest BCUT2D eigenvalue weighted by Gasteiger charge is -2.26. The third-order valence-corrected chi connectivity index (χ3v) is 7.37. The van der Waals surface area contributed by atoms with E-state index in [9.17, 15) is 29.4 Å². The molecule has 3 aromatic carbocycles. The molecule has 0 fully saturated rings. The summed E-state index contributed by atoms with van der Waals surface area (Å²) in [6.45, 7) is 1.37. The summed E-state index contributed by atoms with van der Waals surface area (Å²) in [5.74, 6) is -3.32. The number of aliphatic hydroxyl groups excluding tert-OH is 1. The average Bonchev–Trinajstić information content (AvgIpc) is 3.43. The Morgan fingerprint density at radius 1 is 0.705 bits per heavy atom. The molecule has 4 rings (SSSR count). The number of aromatic amines is 1. The van der Waals surface area contributed by atoms with Gasteiger partial charge in [-0.2, -0.15) is 0 Å². The molecule has 0 spiro atoms. The van der Waals surface area contributed by atoms with Gasteiger partial charge in [0, 0.05) is 36.4 Å². The van der Waals surface area contributed by atoms with E-state index in [2.05, 4.69) is 20.9 Å². The first kappa shape index (κ1) is 31.9. The number of rotatable bonds is 14. The standard InChI is InChI=1S/C33H37N5O6/c1-20(39)29(34)32(42)37-27(18-23-19-35-25-15-9-8-14-24(23)25)31(41)36-26(16-21-10-4-2-5-11-21)30(40)38-28(33(43)44)17-22-12-6-3-7-13-22/h2-15,19-20,26-29,35,39H,16-18,34H2,1H3,(H,36,41)(H,37,42)(H,38,40)(H,43,44). The van der Waals surface area contributed by atoms with E-state index in [0.717, 1.165) is 27.6 Å². The van der Waals surface area contributed by atoms with Gasteiger partial charge in [0.2, 0.25) is 17.7 Å². The number of para-hydroxylation sites is 1. The average molecular weight is 600 g/mol. The third kappa shape index (κ3) is 8.52. The first-order valence-corrected chi connectivity index (χ1v) is 14.3. The Morgan fingerprint density at radius 2 is 1.18 bits per heavy atom. The first-order valence-electron chi connectivity index (χ1n) is 14.3. The van der Waals surface area contributed by atoms with Crippen LogP contribution in [0.4, 0.5) is 0 Å². The predicted molar refractivity (Wildman–Crippen MR) is 165 cm³/mol. The number of aliphatic carboxylic acids is 1. The van der Waals surface area contributed by atoms with E-state index in [1.165, 1.54) is 6.92 Å². The summed E-state index contributed by atoms with van der Waals surface area (Å²) in [6.07, 6.45) is 0.739. The van der Waals surface area contributed by atoms with E-state index in [-0.39, 0.29) is 19.3 Å². The van der Waals surface area contributed by atoms with Crippen LogP contribution in [0.2, 0.25) is 0 Å². The van der Waals surface area contributed by atoms with E-state index < -0.39 is 54.0 Å². The molecule has 0 bridgehead atoms. The van der Waals surface area contributed by atoms with Crippen molar-refractivity contribution in [2.45, 2.75) is 56.5 Å². The summed E-state index contributed by atoms with van der Waals surface area (Å²) in [6, 6.07) is 20.5. The van der Waals surface area contributed by atoms with Gasteiger partial charge in [-0.15, -0.1) is 0 Å². The van der Waals surface area contributed by atoms with Crippen molar-refractivity contribution in [2.24, 2.45) is 5.73 Å². The zero-order chi connectivity index (χ0) is 31.6. The lowest BCUT2D eigenvalue weighted by Crippen LogP contribution is -2.59. The van der Waals surface area contributed by atoms with Gasteiger partial charge in [0.25, 0.3) is 0 Å². The maximum absolute atomic E-state index is 13.8. The van der Waals surface area contributed by atoms with Crippen molar-refractivity contribution in [3.63, 3.8) is 0 Å². The Bertz CT molecular complexity index is 1570. The van der Waals surface area contributed by atoms with Gasteiger partial charge < -0.3 is 36.9 Å². The topological polar surface area (TPSA) is 187 Å². The smallest absolute Gasteiger partial charge is 0.326 e. The summed E-state index contributed by atoms with van der Waals surface area (Å²) in [7, 11) is 0. The molecule has 5 atom stereocenters. The molecule has 1 aromatic heterocycles. The van der Waals surface area contributed by atoms with Crippen LogP contribution < -0.4 is 21.7 Å². The molecule has 11 heteroatoms. The number of carboxylic acid groups (broad SMARTS) is 1. The second kappa shape index (κ2) is 14.9. The van der Waals surface area contributed by atoms with Gasteiger partial charge in [0.15, 0.2) is 0 Å². The van der Waals surface area contributed by atoms with Crippen molar-refractivity contribution in [1.82, 2.24) is 20.9 Å². The number of hydrogen-bond acceptors (Lipinski definition) is 6. The Morgan fingerprint density at radius 3 is 1.75 bits per heavy atom. The second-order valence-electron chi connectivity index (χ2n) is 10.7. The number of nitrogens with one attached hydrogen (secondary N) is 4. The van der Waals surface area contributed by atoms with E-state index in [0.29, 0.717) is 0 Å². The summed E-state index contributed by atoms with van der Waals surface area (Å²) in [5.41, 5.74) is 8.89. The number of amides is 3. The Kier molecular flexibility index (Phi) is 10.8. The number of aromatic nitrogens is 1. The van der Waals surface area contributed by atoms with E-state index in [1.54, 1.807) is 54.7 Å². The number of carboxylic acids is 1. The summed E-state index contributed by atoms with van der Waals surface area (Å²) >= 11 is 0. The fraction of sp³-hybridized carbons (Fsp3) is 0.273. The van der Waals surface area contributed by atoms with Gasteiger partial charge in [-0.05, 0) is 29.7 Å². The zero-order valence-corrected chi connectivity index (χ0v) is 24.3. The molecule has 4 aromatic rings. The number of carbonyl (C=O) groups excluding carboxylic acids is 3. The molecule has 0 radical (unpaired) electrons. The Balaban J connectivity index is 1.59. The SMILES string of the molecule is CC(O)C(N)C(=O)NC(Cc1c[nH]c2ccccc12)C(=O)NC(Cc1ccccc1)C(=O)NC(Cc1ccccc1)C(=O)O. The number of H-pyrrole nitrogens is 1.